The van der Waals surface area contributed by atoms with E-state index in [0.717, 1.165) is 37.8 Å². The number of carboxylic acid groups (broad SMARTS) is 1. The van der Waals surface area contributed by atoms with Gasteiger partial charge in [-0.25, -0.2) is 4.57 Å². The predicted octanol–water partition coefficient (Wildman–Crippen LogP) is 5.20. The molecular formula is C24H25Cl2N5O4. The standard InChI is InChI=1S/C22H22Cl2N5O2.C2H4O2/c1-3-28(12-11-27-9-5-4-6-10-27)17-7-8-21(16(2)13-17)25-26-22-19(23)14-18(29(30)31)15-20(22)24;1-2(3)4/h4-10,13-15H,3,11-12H2,1-2H3;1H3,(H,3,4)/q+1;/p-1. The molecule has 0 aliphatic heterocycles. The van der Waals surface area contributed by atoms with Crippen molar-refractivity contribution in [3.05, 3.63) is 86.6 Å². The fourth-order valence-electron chi connectivity index (χ4n) is 3.09. The van der Waals surface area contributed by atoms with Crippen LogP contribution in [-0.2, 0) is 11.3 Å². The minimum Gasteiger partial charge on any atom is -0.550 e. The van der Waals surface area contributed by atoms with E-state index in [4.69, 9.17) is 33.1 Å². The zero-order valence-electron chi connectivity index (χ0n) is 19.5. The summed E-state index contributed by atoms with van der Waals surface area (Å²) in [5, 5.41) is 28.3. The Morgan fingerprint density at radius 3 is 2.20 bits per heavy atom. The lowest BCUT2D eigenvalue weighted by Gasteiger charge is -2.22. The molecule has 0 N–H and O–H groups in total. The van der Waals surface area contributed by atoms with Crippen LogP contribution in [0.4, 0.5) is 22.7 Å². The summed E-state index contributed by atoms with van der Waals surface area (Å²) in [6.07, 6.45) is 4.11. The van der Waals surface area contributed by atoms with Crippen molar-refractivity contribution in [2.75, 3.05) is 18.0 Å². The smallest absolute Gasteiger partial charge is 0.272 e. The molecule has 2 aromatic carbocycles. The first-order valence-corrected chi connectivity index (χ1v) is 11.4. The summed E-state index contributed by atoms with van der Waals surface area (Å²) in [4.78, 5) is 21.5. The number of likely N-dealkylation sites (N-methyl/N-ethyl adjacent to an activating group) is 1. The lowest BCUT2D eigenvalue weighted by atomic mass is 10.1. The summed E-state index contributed by atoms with van der Waals surface area (Å²) >= 11 is 12.2. The van der Waals surface area contributed by atoms with E-state index in [0.29, 0.717) is 5.69 Å². The maximum absolute atomic E-state index is 10.9. The van der Waals surface area contributed by atoms with E-state index in [9.17, 15) is 10.1 Å². The van der Waals surface area contributed by atoms with Gasteiger partial charge in [0, 0.05) is 42.5 Å². The number of carbonyl (C=O) groups excluding carboxylic acids is 1. The van der Waals surface area contributed by atoms with E-state index >= 15 is 0 Å². The number of pyridine rings is 1. The van der Waals surface area contributed by atoms with Crippen LogP contribution in [-0.4, -0.2) is 24.0 Å². The molecule has 0 bridgehead atoms. The summed E-state index contributed by atoms with van der Waals surface area (Å²) < 4.78 is 2.15. The number of nitro benzene ring substituents is 1. The third-order valence-electron chi connectivity index (χ3n) is 4.80. The van der Waals surface area contributed by atoms with Crippen molar-refractivity contribution in [2.45, 2.75) is 27.3 Å². The van der Waals surface area contributed by atoms with Crippen LogP contribution in [0.25, 0.3) is 0 Å². The van der Waals surface area contributed by atoms with E-state index in [-0.39, 0.29) is 21.4 Å². The Labute approximate surface area is 213 Å². The van der Waals surface area contributed by atoms with Gasteiger partial charge in [0.2, 0.25) is 0 Å². The SMILES string of the molecule is CC(=O)[O-].CCN(CC[n+]1ccccc1)c1ccc(N=Nc2c(Cl)cc([N+](=O)[O-])cc2Cl)c(C)c1. The second-order valence-electron chi connectivity index (χ2n) is 7.37. The van der Waals surface area contributed by atoms with Gasteiger partial charge in [-0.15, -0.1) is 5.11 Å². The molecule has 184 valence electrons. The second-order valence-corrected chi connectivity index (χ2v) is 8.18. The highest BCUT2D eigenvalue weighted by atomic mass is 35.5. The topological polar surface area (TPSA) is 115 Å². The molecule has 0 amide bonds. The number of aliphatic carboxylic acids is 1. The van der Waals surface area contributed by atoms with Crippen LogP contribution in [0.15, 0.2) is 71.2 Å². The van der Waals surface area contributed by atoms with Crippen LogP contribution in [0.5, 0.6) is 0 Å². The van der Waals surface area contributed by atoms with Gasteiger partial charge in [-0.3, -0.25) is 10.1 Å². The molecule has 0 aliphatic rings. The number of non-ortho nitro benzene ring substituents is 1. The minimum atomic E-state index is -1.08. The predicted molar refractivity (Wildman–Crippen MR) is 134 cm³/mol. The Hall–Kier alpha value is -3.56. The maximum atomic E-state index is 10.9. The molecule has 3 rings (SSSR count). The molecular weight excluding hydrogens is 493 g/mol. The number of nitro groups is 1. The third kappa shape index (κ3) is 8.62. The Morgan fingerprint density at radius 2 is 1.69 bits per heavy atom. The number of azo groups is 1. The van der Waals surface area contributed by atoms with E-state index in [2.05, 4.69) is 45.1 Å². The quantitative estimate of drug-likeness (QED) is 0.176. The van der Waals surface area contributed by atoms with Gasteiger partial charge in [0.15, 0.2) is 18.9 Å². The third-order valence-corrected chi connectivity index (χ3v) is 5.38. The average molecular weight is 518 g/mol. The van der Waals surface area contributed by atoms with E-state index < -0.39 is 10.9 Å². The lowest BCUT2D eigenvalue weighted by Crippen LogP contribution is -2.40. The Balaban J connectivity index is 0.00000100. The van der Waals surface area contributed by atoms with Crippen LogP contribution in [0.1, 0.15) is 19.4 Å². The molecule has 0 spiro atoms. The van der Waals surface area contributed by atoms with Gasteiger partial charge >= 0.3 is 0 Å². The van der Waals surface area contributed by atoms with Crippen molar-refractivity contribution in [2.24, 2.45) is 10.2 Å². The van der Waals surface area contributed by atoms with Crippen LogP contribution in [0.3, 0.4) is 0 Å². The molecule has 3 aromatic rings. The number of halogens is 2. The van der Waals surface area contributed by atoms with Crippen molar-refractivity contribution in [1.82, 2.24) is 0 Å². The number of hydrogen-bond donors (Lipinski definition) is 0. The summed E-state index contributed by atoms with van der Waals surface area (Å²) in [5.41, 5.74) is 2.72. The maximum Gasteiger partial charge on any atom is 0.272 e. The van der Waals surface area contributed by atoms with Gasteiger partial charge in [-0.1, -0.05) is 29.3 Å². The molecule has 0 aliphatic carbocycles. The molecule has 35 heavy (non-hydrogen) atoms. The number of aryl methyl sites for hydroxylation is 1. The summed E-state index contributed by atoms with van der Waals surface area (Å²) in [6, 6.07) is 14.4. The van der Waals surface area contributed by atoms with Crippen LogP contribution in [0.2, 0.25) is 10.0 Å². The Bertz CT molecular complexity index is 1180. The lowest BCUT2D eigenvalue weighted by molar-refractivity contribution is -0.694. The van der Waals surface area contributed by atoms with Gasteiger partial charge in [0.1, 0.15) is 5.69 Å². The minimum absolute atomic E-state index is 0.0767. The monoisotopic (exact) mass is 517 g/mol. The number of carbonyl (C=O) groups is 1. The first kappa shape index (κ1) is 27.7. The van der Waals surface area contributed by atoms with Gasteiger partial charge in [-0.2, -0.15) is 5.11 Å². The molecule has 11 heteroatoms. The fraction of sp³-hybridized carbons (Fsp3) is 0.250. The number of nitrogens with zero attached hydrogens (tertiary/aromatic N) is 5. The van der Waals surface area contributed by atoms with Crippen molar-refractivity contribution < 1.29 is 19.4 Å². The number of benzene rings is 2. The van der Waals surface area contributed by atoms with E-state index in [1.807, 2.05) is 37.3 Å². The average Bonchev–Trinajstić information content (AvgIpc) is 2.80. The van der Waals surface area contributed by atoms with Crippen molar-refractivity contribution in [3.63, 3.8) is 0 Å². The van der Waals surface area contributed by atoms with Crippen molar-refractivity contribution >= 4 is 51.9 Å². The molecule has 1 heterocycles. The molecule has 0 fully saturated rings. The van der Waals surface area contributed by atoms with Crippen LogP contribution >= 0.6 is 23.2 Å². The first-order chi connectivity index (χ1) is 16.6. The highest BCUT2D eigenvalue weighted by molar-refractivity contribution is 6.39. The summed E-state index contributed by atoms with van der Waals surface area (Å²) in [6.45, 7) is 7.68. The van der Waals surface area contributed by atoms with Gasteiger partial charge in [0.25, 0.3) is 5.69 Å². The Morgan fingerprint density at radius 1 is 1.09 bits per heavy atom. The van der Waals surface area contributed by atoms with Gasteiger partial charge < -0.3 is 14.8 Å². The highest BCUT2D eigenvalue weighted by Crippen LogP contribution is 2.38. The van der Waals surface area contributed by atoms with Crippen LogP contribution in [0, 0.1) is 17.0 Å². The molecule has 0 unspecified atom stereocenters. The highest BCUT2D eigenvalue weighted by Gasteiger charge is 2.15. The van der Waals surface area contributed by atoms with Gasteiger partial charge in [-0.05, 0) is 44.5 Å². The number of anilines is 1. The number of rotatable bonds is 8. The molecule has 0 radical (unpaired) electrons. The summed E-state index contributed by atoms with van der Waals surface area (Å²) in [7, 11) is 0. The van der Waals surface area contributed by atoms with Crippen molar-refractivity contribution in [1.29, 1.82) is 0 Å². The number of aromatic nitrogens is 1. The largest absolute Gasteiger partial charge is 0.550 e. The molecule has 9 nitrogen and oxygen atoms in total. The molecule has 0 saturated carbocycles. The number of carboxylic acids is 1. The molecule has 1 aromatic heterocycles. The number of hydrogen-bond acceptors (Lipinski definition) is 7. The zero-order chi connectivity index (χ0) is 26.0. The van der Waals surface area contributed by atoms with Crippen LogP contribution < -0.4 is 14.6 Å². The Kier molecular flexibility index (Phi) is 10.6. The molecule has 0 atom stereocenters. The van der Waals surface area contributed by atoms with E-state index in [1.54, 1.807) is 0 Å². The van der Waals surface area contributed by atoms with Crippen molar-refractivity contribution in [3.8, 4) is 0 Å². The normalized spacial score (nSPS) is 10.5. The summed E-state index contributed by atoms with van der Waals surface area (Å²) in [5.74, 6) is -1.08. The van der Waals surface area contributed by atoms with Gasteiger partial charge in [0.05, 0.1) is 27.2 Å². The fourth-order valence-corrected chi connectivity index (χ4v) is 3.65. The zero-order valence-corrected chi connectivity index (χ0v) is 21.0. The first-order valence-electron chi connectivity index (χ1n) is 10.6. The second kappa shape index (κ2) is 13.4. The molecule has 0 saturated heterocycles. The van der Waals surface area contributed by atoms with E-state index in [1.165, 1.54) is 12.1 Å².